The molecule has 3 rings (SSSR count). The number of thioether (sulfide) groups is 1. The zero-order valence-corrected chi connectivity index (χ0v) is 12.7. The highest BCUT2D eigenvalue weighted by atomic mass is 32.2. The lowest BCUT2D eigenvalue weighted by Gasteiger charge is -2.08. The van der Waals surface area contributed by atoms with Crippen molar-refractivity contribution in [3.05, 3.63) is 41.5 Å². The minimum Gasteiger partial charge on any atom is -0.355 e. The van der Waals surface area contributed by atoms with Crippen LogP contribution in [-0.2, 0) is 24.1 Å². The van der Waals surface area contributed by atoms with Crippen molar-refractivity contribution in [2.24, 2.45) is 0 Å². The third kappa shape index (κ3) is 3.26. The maximum Gasteiger partial charge on any atom is 0.233 e. The standard InChI is InChI=1S/C15H17N3O2S/c1-2-13-17-14(20-18-13)7-8-16-15(19)12-9-10-5-3-4-6-11(10)21-12/h3-6,12H,2,7-9H2,1H3,(H,16,19). The molecule has 0 aliphatic carbocycles. The molecule has 0 saturated carbocycles. The van der Waals surface area contributed by atoms with Crippen LogP contribution in [0.15, 0.2) is 33.7 Å². The smallest absolute Gasteiger partial charge is 0.233 e. The number of fused-ring (bicyclic) bond motifs is 1. The van der Waals surface area contributed by atoms with Gasteiger partial charge >= 0.3 is 0 Å². The van der Waals surface area contributed by atoms with E-state index in [1.165, 1.54) is 10.5 Å². The van der Waals surface area contributed by atoms with Gasteiger partial charge in [-0.3, -0.25) is 4.79 Å². The highest BCUT2D eigenvalue weighted by Crippen LogP contribution is 2.36. The fraction of sp³-hybridized carbons (Fsp3) is 0.400. The molecule has 1 atom stereocenters. The largest absolute Gasteiger partial charge is 0.355 e. The summed E-state index contributed by atoms with van der Waals surface area (Å²) in [6.45, 7) is 2.50. The second kappa shape index (κ2) is 6.30. The van der Waals surface area contributed by atoms with Crippen molar-refractivity contribution in [1.82, 2.24) is 15.5 Å². The Kier molecular flexibility index (Phi) is 4.24. The highest BCUT2D eigenvalue weighted by molar-refractivity contribution is 8.01. The van der Waals surface area contributed by atoms with Gasteiger partial charge < -0.3 is 9.84 Å². The summed E-state index contributed by atoms with van der Waals surface area (Å²) >= 11 is 1.63. The topological polar surface area (TPSA) is 68.0 Å². The molecule has 2 heterocycles. The van der Waals surface area contributed by atoms with E-state index in [0.717, 1.165) is 12.8 Å². The Morgan fingerprint density at radius 1 is 1.48 bits per heavy atom. The number of amides is 1. The van der Waals surface area contributed by atoms with Crippen molar-refractivity contribution in [1.29, 1.82) is 0 Å². The average Bonchev–Trinajstić information content (AvgIpc) is 3.13. The summed E-state index contributed by atoms with van der Waals surface area (Å²) in [5.74, 6) is 1.36. The zero-order chi connectivity index (χ0) is 14.7. The molecule has 1 amide bonds. The number of benzene rings is 1. The van der Waals surface area contributed by atoms with Crippen LogP contribution < -0.4 is 5.32 Å². The molecular weight excluding hydrogens is 286 g/mol. The van der Waals surface area contributed by atoms with Gasteiger partial charge in [0.05, 0.1) is 5.25 Å². The third-order valence-electron chi connectivity index (χ3n) is 3.40. The summed E-state index contributed by atoms with van der Waals surface area (Å²) in [7, 11) is 0. The molecule has 1 aromatic carbocycles. The van der Waals surface area contributed by atoms with Gasteiger partial charge in [-0.25, -0.2) is 0 Å². The quantitative estimate of drug-likeness (QED) is 0.915. The van der Waals surface area contributed by atoms with Crippen LogP contribution >= 0.6 is 11.8 Å². The molecule has 0 radical (unpaired) electrons. The first kappa shape index (κ1) is 14.1. The molecule has 1 N–H and O–H groups in total. The van der Waals surface area contributed by atoms with Gasteiger partial charge in [-0.05, 0) is 18.1 Å². The summed E-state index contributed by atoms with van der Waals surface area (Å²) in [6.07, 6.45) is 2.13. The molecule has 5 nitrogen and oxygen atoms in total. The third-order valence-corrected chi connectivity index (χ3v) is 4.72. The van der Waals surface area contributed by atoms with Crippen LogP contribution in [0.3, 0.4) is 0 Å². The Labute approximate surface area is 127 Å². The van der Waals surface area contributed by atoms with Gasteiger partial charge in [0.25, 0.3) is 0 Å². The van der Waals surface area contributed by atoms with Crippen molar-refractivity contribution < 1.29 is 9.32 Å². The molecule has 0 fully saturated rings. The zero-order valence-electron chi connectivity index (χ0n) is 11.8. The lowest BCUT2D eigenvalue weighted by atomic mass is 10.1. The summed E-state index contributed by atoms with van der Waals surface area (Å²) in [5.41, 5.74) is 1.26. The van der Waals surface area contributed by atoms with Crippen LogP contribution in [0.2, 0.25) is 0 Å². The van der Waals surface area contributed by atoms with Crippen LogP contribution in [0.25, 0.3) is 0 Å². The first-order valence-corrected chi connectivity index (χ1v) is 7.98. The maximum absolute atomic E-state index is 12.2. The van der Waals surface area contributed by atoms with Gasteiger partial charge in [0.15, 0.2) is 5.82 Å². The van der Waals surface area contributed by atoms with E-state index in [4.69, 9.17) is 4.52 Å². The number of nitrogens with zero attached hydrogens (tertiary/aromatic N) is 2. The molecule has 1 unspecified atom stereocenters. The number of rotatable bonds is 5. The molecule has 1 aliphatic heterocycles. The van der Waals surface area contributed by atoms with Gasteiger partial charge in [0.2, 0.25) is 11.8 Å². The van der Waals surface area contributed by atoms with Crippen molar-refractivity contribution in [2.75, 3.05) is 6.54 Å². The Morgan fingerprint density at radius 3 is 3.10 bits per heavy atom. The number of carbonyl (C=O) groups excluding carboxylic acids is 1. The Morgan fingerprint density at radius 2 is 2.33 bits per heavy atom. The van der Waals surface area contributed by atoms with Gasteiger partial charge in [0.1, 0.15) is 0 Å². The minimum absolute atomic E-state index is 0.0312. The van der Waals surface area contributed by atoms with E-state index in [0.29, 0.717) is 24.7 Å². The summed E-state index contributed by atoms with van der Waals surface area (Å²) < 4.78 is 5.10. The van der Waals surface area contributed by atoms with E-state index in [1.807, 2.05) is 19.1 Å². The summed E-state index contributed by atoms with van der Waals surface area (Å²) in [4.78, 5) is 17.6. The van der Waals surface area contributed by atoms with E-state index < -0.39 is 0 Å². The molecule has 0 saturated heterocycles. The average molecular weight is 303 g/mol. The van der Waals surface area contributed by atoms with Crippen LogP contribution in [-0.4, -0.2) is 27.8 Å². The summed E-state index contributed by atoms with van der Waals surface area (Å²) in [5, 5.41) is 6.75. The number of hydrogen-bond acceptors (Lipinski definition) is 5. The molecule has 6 heteroatoms. The van der Waals surface area contributed by atoms with Gasteiger partial charge in [-0.15, -0.1) is 11.8 Å². The van der Waals surface area contributed by atoms with E-state index >= 15 is 0 Å². The molecule has 1 aliphatic rings. The van der Waals surface area contributed by atoms with Gasteiger partial charge in [-0.2, -0.15) is 4.98 Å². The van der Waals surface area contributed by atoms with Crippen LogP contribution in [0.1, 0.15) is 24.2 Å². The van der Waals surface area contributed by atoms with E-state index in [-0.39, 0.29) is 11.2 Å². The SMILES string of the molecule is CCc1noc(CCNC(=O)C2Cc3ccccc3S2)n1. The van der Waals surface area contributed by atoms with E-state index in [2.05, 4.69) is 27.6 Å². The van der Waals surface area contributed by atoms with Crippen molar-refractivity contribution in [3.63, 3.8) is 0 Å². The van der Waals surface area contributed by atoms with Gasteiger partial charge in [-0.1, -0.05) is 30.3 Å². The molecule has 0 bridgehead atoms. The van der Waals surface area contributed by atoms with Crippen molar-refractivity contribution in [2.45, 2.75) is 36.3 Å². The monoisotopic (exact) mass is 303 g/mol. The molecular formula is C15H17N3O2S. The first-order chi connectivity index (χ1) is 10.3. The second-order valence-corrected chi connectivity index (χ2v) is 6.16. The molecule has 21 heavy (non-hydrogen) atoms. The van der Waals surface area contributed by atoms with E-state index in [1.54, 1.807) is 11.8 Å². The lowest BCUT2D eigenvalue weighted by Crippen LogP contribution is -2.33. The number of aromatic nitrogens is 2. The van der Waals surface area contributed by atoms with Crippen LogP contribution in [0, 0.1) is 0 Å². The number of nitrogens with one attached hydrogen (secondary N) is 1. The highest BCUT2D eigenvalue weighted by Gasteiger charge is 2.27. The normalized spacial score (nSPS) is 16.7. The Balaban J connectivity index is 1.47. The number of carbonyl (C=O) groups is 1. The predicted molar refractivity (Wildman–Crippen MR) is 80.2 cm³/mol. The Hall–Kier alpha value is -1.82. The fourth-order valence-electron chi connectivity index (χ4n) is 2.27. The van der Waals surface area contributed by atoms with Crippen LogP contribution in [0.5, 0.6) is 0 Å². The summed E-state index contributed by atoms with van der Waals surface area (Å²) in [6, 6.07) is 8.17. The Bertz CT molecular complexity index is 616. The predicted octanol–water partition coefficient (Wildman–Crippen LogP) is 2.01. The first-order valence-electron chi connectivity index (χ1n) is 7.10. The number of aryl methyl sites for hydroxylation is 1. The molecule has 2 aromatic rings. The molecule has 110 valence electrons. The molecule has 1 aromatic heterocycles. The van der Waals surface area contributed by atoms with Crippen molar-refractivity contribution in [3.8, 4) is 0 Å². The lowest BCUT2D eigenvalue weighted by molar-refractivity contribution is -0.120. The minimum atomic E-state index is -0.0312. The van der Waals surface area contributed by atoms with E-state index in [9.17, 15) is 4.79 Å². The second-order valence-electron chi connectivity index (χ2n) is 4.92. The number of hydrogen-bond donors (Lipinski definition) is 1. The van der Waals surface area contributed by atoms with Crippen molar-refractivity contribution >= 4 is 17.7 Å². The van der Waals surface area contributed by atoms with Gasteiger partial charge in [0, 0.05) is 24.3 Å². The fourth-order valence-corrected chi connectivity index (χ4v) is 3.49. The van der Waals surface area contributed by atoms with Crippen LogP contribution in [0.4, 0.5) is 0 Å². The maximum atomic E-state index is 12.2. The molecule has 0 spiro atoms.